The number of nitrogens with one attached hydrogen (secondary N) is 2. The van der Waals surface area contributed by atoms with Crippen molar-refractivity contribution in [3.8, 4) is 11.8 Å². The molecule has 25 heavy (non-hydrogen) atoms. The lowest BCUT2D eigenvalue weighted by atomic mass is 10.2. The van der Waals surface area contributed by atoms with Gasteiger partial charge in [-0.25, -0.2) is 4.98 Å². The molecule has 0 aliphatic rings. The van der Waals surface area contributed by atoms with Gasteiger partial charge in [-0.05, 0) is 19.4 Å². The molecule has 0 fully saturated rings. The first-order chi connectivity index (χ1) is 12.0. The number of hydrogen-bond donors (Lipinski definition) is 2. The molecule has 132 valence electrons. The minimum absolute atomic E-state index is 0.0962. The number of aromatic amines is 1. The second-order valence-corrected chi connectivity index (χ2v) is 6.63. The third-order valence-corrected chi connectivity index (χ3v) is 4.93. The van der Waals surface area contributed by atoms with Crippen molar-refractivity contribution in [3.05, 3.63) is 32.7 Å². The van der Waals surface area contributed by atoms with Crippen LogP contribution in [0, 0.1) is 13.8 Å². The van der Waals surface area contributed by atoms with Crippen LogP contribution in [-0.4, -0.2) is 40.7 Å². The van der Waals surface area contributed by atoms with Gasteiger partial charge in [0.05, 0.1) is 25.7 Å². The minimum Gasteiger partial charge on any atom is -0.481 e. The number of thiophene rings is 1. The first-order valence-electron chi connectivity index (χ1n) is 7.71. The number of anilines is 1. The molecule has 0 aliphatic carbocycles. The van der Waals surface area contributed by atoms with Gasteiger partial charge < -0.3 is 19.8 Å². The third kappa shape index (κ3) is 3.55. The summed E-state index contributed by atoms with van der Waals surface area (Å²) in [6.07, 6.45) is 0.532. The molecule has 8 nitrogen and oxygen atoms in total. The number of H-pyrrole nitrogens is 1. The quantitative estimate of drug-likeness (QED) is 0.693. The van der Waals surface area contributed by atoms with Crippen molar-refractivity contribution in [3.63, 3.8) is 0 Å². The molecule has 0 amide bonds. The van der Waals surface area contributed by atoms with Crippen LogP contribution in [-0.2, 0) is 6.42 Å². The summed E-state index contributed by atoms with van der Waals surface area (Å²) in [5.74, 6) is 1.84. The van der Waals surface area contributed by atoms with Crippen LogP contribution in [0.5, 0.6) is 11.8 Å². The van der Waals surface area contributed by atoms with E-state index in [0.717, 1.165) is 15.3 Å². The van der Waals surface area contributed by atoms with Gasteiger partial charge in [0, 0.05) is 17.8 Å². The number of nitrogens with zero attached hydrogens (tertiary/aromatic N) is 3. The maximum Gasteiger partial charge on any atom is 0.259 e. The van der Waals surface area contributed by atoms with E-state index in [1.807, 2.05) is 13.8 Å². The number of rotatable bonds is 6. The van der Waals surface area contributed by atoms with Crippen LogP contribution in [0.3, 0.4) is 0 Å². The highest BCUT2D eigenvalue weighted by atomic mass is 32.1. The Labute approximate surface area is 148 Å². The van der Waals surface area contributed by atoms with Crippen molar-refractivity contribution in [1.82, 2.24) is 19.9 Å². The summed E-state index contributed by atoms with van der Waals surface area (Å²) < 4.78 is 10.2. The predicted molar refractivity (Wildman–Crippen MR) is 97.0 cm³/mol. The van der Waals surface area contributed by atoms with Crippen molar-refractivity contribution < 1.29 is 9.47 Å². The Morgan fingerprint density at radius 2 is 1.84 bits per heavy atom. The second kappa shape index (κ2) is 7.06. The highest BCUT2D eigenvalue weighted by molar-refractivity contribution is 7.18. The fraction of sp³-hybridized carbons (Fsp3) is 0.375. The molecule has 0 unspecified atom stereocenters. The highest BCUT2D eigenvalue weighted by Gasteiger charge is 2.12. The zero-order valence-electron chi connectivity index (χ0n) is 14.5. The van der Waals surface area contributed by atoms with E-state index in [2.05, 4.69) is 25.3 Å². The lowest BCUT2D eigenvalue weighted by Gasteiger charge is -2.08. The van der Waals surface area contributed by atoms with Crippen LogP contribution < -0.4 is 20.3 Å². The molecule has 3 heterocycles. The summed E-state index contributed by atoms with van der Waals surface area (Å²) in [6.45, 7) is 4.45. The summed E-state index contributed by atoms with van der Waals surface area (Å²) in [5, 5.41) is 3.77. The molecular weight excluding hydrogens is 342 g/mol. The van der Waals surface area contributed by atoms with Gasteiger partial charge in [0.25, 0.3) is 5.56 Å². The zero-order chi connectivity index (χ0) is 18.0. The molecule has 3 aromatic rings. The van der Waals surface area contributed by atoms with Gasteiger partial charge in [0.2, 0.25) is 17.7 Å². The summed E-state index contributed by atoms with van der Waals surface area (Å²) >= 11 is 1.54. The fourth-order valence-electron chi connectivity index (χ4n) is 2.40. The number of methoxy groups -OCH3 is 2. The van der Waals surface area contributed by atoms with Crippen molar-refractivity contribution in [1.29, 1.82) is 0 Å². The van der Waals surface area contributed by atoms with E-state index in [1.165, 1.54) is 25.6 Å². The van der Waals surface area contributed by atoms with E-state index in [0.29, 0.717) is 41.9 Å². The molecule has 0 spiro atoms. The van der Waals surface area contributed by atoms with Gasteiger partial charge >= 0.3 is 0 Å². The van der Waals surface area contributed by atoms with Crippen LogP contribution in [0.2, 0.25) is 0 Å². The standard InChI is InChI=1S/C16H19N5O3S/c1-8-9(2)25-15-13(8)14(22)18-10(19-15)5-6-17-16-20-11(23-3)7-12(21-16)24-4/h7H,5-6H2,1-4H3,(H,17,20,21)(H,18,19,22). The Bertz CT molecular complexity index is 944. The summed E-state index contributed by atoms with van der Waals surface area (Å²) in [7, 11) is 3.06. The van der Waals surface area contributed by atoms with Gasteiger partial charge in [-0.3, -0.25) is 4.79 Å². The maximum atomic E-state index is 12.3. The third-order valence-electron chi connectivity index (χ3n) is 3.83. The molecule has 2 N–H and O–H groups in total. The zero-order valence-corrected chi connectivity index (χ0v) is 15.3. The van der Waals surface area contributed by atoms with Gasteiger partial charge in [-0.1, -0.05) is 0 Å². The van der Waals surface area contributed by atoms with Crippen LogP contribution in [0.4, 0.5) is 5.95 Å². The molecular formula is C16H19N5O3S. The van der Waals surface area contributed by atoms with Crippen molar-refractivity contribution in [2.24, 2.45) is 0 Å². The van der Waals surface area contributed by atoms with Crippen LogP contribution in [0.25, 0.3) is 10.2 Å². The topological polar surface area (TPSA) is 102 Å². The number of hydrogen-bond acceptors (Lipinski definition) is 8. The van der Waals surface area contributed by atoms with Gasteiger partial charge in [-0.2, -0.15) is 9.97 Å². The van der Waals surface area contributed by atoms with E-state index < -0.39 is 0 Å². The molecule has 0 atom stereocenters. The maximum absolute atomic E-state index is 12.3. The first-order valence-corrected chi connectivity index (χ1v) is 8.53. The number of fused-ring (bicyclic) bond motifs is 1. The van der Waals surface area contributed by atoms with Gasteiger partial charge in [0.1, 0.15) is 10.7 Å². The smallest absolute Gasteiger partial charge is 0.259 e. The highest BCUT2D eigenvalue weighted by Crippen LogP contribution is 2.25. The molecule has 0 radical (unpaired) electrons. The average molecular weight is 361 g/mol. The SMILES string of the molecule is COc1cc(OC)nc(NCCc2nc3sc(C)c(C)c3c(=O)[nH]2)n1. The van der Waals surface area contributed by atoms with Crippen molar-refractivity contribution in [2.75, 3.05) is 26.1 Å². The van der Waals surface area contributed by atoms with E-state index in [9.17, 15) is 4.79 Å². The Balaban J connectivity index is 1.74. The lowest BCUT2D eigenvalue weighted by molar-refractivity contribution is 0.373. The van der Waals surface area contributed by atoms with E-state index in [4.69, 9.17) is 9.47 Å². The summed E-state index contributed by atoms with van der Waals surface area (Å²) in [5.41, 5.74) is 0.899. The molecule has 0 saturated carbocycles. The van der Waals surface area contributed by atoms with Crippen LogP contribution in [0.15, 0.2) is 10.9 Å². The summed E-state index contributed by atoms with van der Waals surface area (Å²) in [4.78, 5) is 29.9. The Hall–Kier alpha value is -2.68. The predicted octanol–water partition coefficient (Wildman–Crippen LogP) is 2.06. The minimum atomic E-state index is -0.0962. The molecule has 9 heteroatoms. The average Bonchev–Trinajstić information content (AvgIpc) is 2.89. The molecule has 3 rings (SSSR count). The monoisotopic (exact) mass is 361 g/mol. The Morgan fingerprint density at radius 1 is 1.16 bits per heavy atom. The fourth-order valence-corrected chi connectivity index (χ4v) is 3.45. The van der Waals surface area contributed by atoms with Crippen molar-refractivity contribution >= 4 is 27.5 Å². The number of aryl methyl sites for hydroxylation is 2. The Kier molecular flexibility index (Phi) is 4.84. The molecule has 0 bridgehead atoms. The van der Waals surface area contributed by atoms with Gasteiger partial charge in [0.15, 0.2) is 0 Å². The largest absolute Gasteiger partial charge is 0.481 e. The van der Waals surface area contributed by atoms with Crippen LogP contribution >= 0.6 is 11.3 Å². The van der Waals surface area contributed by atoms with E-state index in [-0.39, 0.29) is 5.56 Å². The number of aromatic nitrogens is 4. The molecule has 0 saturated heterocycles. The van der Waals surface area contributed by atoms with Crippen LogP contribution in [0.1, 0.15) is 16.3 Å². The lowest BCUT2D eigenvalue weighted by Crippen LogP contribution is -2.15. The van der Waals surface area contributed by atoms with Crippen molar-refractivity contribution in [2.45, 2.75) is 20.3 Å². The summed E-state index contributed by atoms with van der Waals surface area (Å²) in [6, 6.07) is 1.60. The van der Waals surface area contributed by atoms with Gasteiger partial charge in [-0.15, -0.1) is 11.3 Å². The molecule has 0 aliphatic heterocycles. The van der Waals surface area contributed by atoms with E-state index in [1.54, 1.807) is 6.07 Å². The molecule has 3 aromatic heterocycles. The Morgan fingerprint density at radius 3 is 2.48 bits per heavy atom. The number of ether oxygens (including phenoxy) is 2. The normalized spacial score (nSPS) is 10.9. The second-order valence-electron chi connectivity index (χ2n) is 5.43. The van der Waals surface area contributed by atoms with E-state index >= 15 is 0 Å². The molecule has 0 aromatic carbocycles. The first kappa shape index (κ1) is 17.2.